The molecule has 1 aromatic heterocycles. The molecule has 0 saturated heterocycles. The first-order valence-electron chi connectivity index (χ1n) is 6.40. The summed E-state index contributed by atoms with van der Waals surface area (Å²) in [4.78, 5) is 15.6. The van der Waals surface area contributed by atoms with E-state index in [0.717, 1.165) is 6.42 Å². The molecule has 2 aromatic rings. The summed E-state index contributed by atoms with van der Waals surface area (Å²) >= 11 is 7.44. The van der Waals surface area contributed by atoms with Crippen molar-refractivity contribution in [1.82, 2.24) is 4.90 Å². The van der Waals surface area contributed by atoms with E-state index in [9.17, 15) is 9.18 Å². The number of hydrogen-bond acceptors (Lipinski definition) is 2. The third-order valence-corrected chi connectivity index (χ3v) is 4.93. The Bertz CT molecular complexity index is 670. The van der Waals surface area contributed by atoms with Crippen molar-refractivity contribution >= 4 is 28.8 Å². The molecule has 5 heteroatoms. The molecule has 2 heterocycles. The van der Waals surface area contributed by atoms with E-state index in [1.807, 2.05) is 18.4 Å². The Morgan fingerprint density at radius 3 is 3.00 bits per heavy atom. The third kappa shape index (κ3) is 2.23. The van der Waals surface area contributed by atoms with Crippen LogP contribution in [0.4, 0.5) is 4.39 Å². The molecule has 1 aliphatic rings. The fourth-order valence-electron chi connectivity index (χ4n) is 2.60. The Labute approximate surface area is 125 Å². The summed E-state index contributed by atoms with van der Waals surface area (Å²) in [6.07, 6.45) is 0.832. The van der Waals surface area contributed by atoms with Gasteiger partial charge in [0.25, 0.3) is 5.91 Å². The van der Waals surface area contributed by atoms with Gasteiger partial charge in [0, 0.05) is 16.4 Å². The van der Waals surface area contributed by atoms with Crippen LogP contribution in [0.25, 0.3) is 0 Å². The van der Waals surface area contributed by atoms with Crippen molar-refractivity contribution < 1.29 is 9.18 Å². The number of nitrogens with zero attached hydrogens (tertiary/aromatic N) is 1. The highest BCUT2D eigenvalue weighted by Crippen LogP contribution is 2.34. The van der Waals surface area contributed by atoms with Gasteiger partial charge in [-0.1, -0.05) is 11.6 Å². The van der Waals surface area contributed by atoms with E-state index in [-0.39, 0.29) is 17.5 Å². The van der Waals surface area contributed by atoms with Crippen LogP contribution < -0.4 is 0 Å². The standard InChI is InChI=1S/C15H13ClFNOS/c1-9-11-5-7-20-14(11)4-6-18(9)15(19)12-3-2-10(16)8-13(12)17/h2-3,5,7-9H,4,6H2,1H3. The van der Waals surface area contributed by atoms with Gasteiger partial charge in [0.2, 0.25) is 0 Å². The minimum absolute atomic E-state index is 0.0208. The molecule has 1 unspecified atom stereocenters. The lowest BCUT2D eigenvalue weighted by molar-refractivity contribution is 0.0674. The first-order valence-corrected chi connectivity index (χ1v) is 7.66. The first-order chi connectivity index (χ1) is 9.58. The van der Waals surface area contributed by atoms with Gasteiger partial charge in [0.15, 0.2) is 0 Å². The molecular weight excluding hydrogens is 297 g/mol. The zero-order valence-electron chi connectivity index (χ0n) is 10.9. The van der Waals surface area contributed by atoms with Crippen molar-refractivity contribution in [3.05, 3.63) is 56.5 Å². The van der Waals surface area contributed by atoms with Crippen LogP contribution in [0, 0.1) is 5.82 Å². The molecule has 0 aliphatic carbocycles. The number of rotatable bonds is 1. The van der Waals surface area contributed by atoms with Gasteiger partial charge >= 0.3 is 0 Å². The smallest absolute Gasteiger partial charge is 0.257 e. The second-order valence-corrected chi connectivity index (χ2v) is 6.28. The number of hydrogen-bond donors (Lipinski definition) is 0. The molecule has 0 fully saturated rings. The van der Waals surface area contributed by atoms with E-state index in [4.69, 9.17) is 11.6 Å². The molecule has 3 rings (SSSR count). The maximum Gasteiger partial charge on any atom is 0.257 e. The number of carbonyl (C=O) groups excluding carboxylic acids is 1. The highest BCUT2D eigenvalue weighted by molar-refractivity contribution is 7.10. The van der Waals surface area contributed by atoms with Crippen LogP contribution in [0.15, 0.2) is 29.6 Å². The Morgan fingerprint density at radius 1 is 1.45 bits per heavy atom. The number of thiophene rings is 1. The second kappa shape index (κ2) is 5.19. The topological polar surface area (TPSA) is 20.3 Å². The van der Waals surface area contributed by atoms with Gasteiger partial charge < -0.3 is 4.90 Å². The summed E-state index contributed by atoms with van der Waals surface area (Å²) in [6, 6.07) is 6.20. The van der Waals surface area contributed by atoms with Crippen LogP contribution in [0.3, 0.4) is 0 Å². The van der Waals surface area contributed by atoms with Crippen molar-refractivity contribution in [2.45, 2.75) is 19.4 Å². The van der Waals surface area contributed by atoms with Gasteiger partial charge in [-0.3, -0.25) is 4.79 Å². The van der Waals surface area contributed by atoms with Gasteiger partial charge in [0.05, 0.1) is 11.6 Å². The molecule has 0 spiro atoms. The van der Waals surface area contributed by atoms with Crippen LogP contribution in [-0.4, -0.2) is 17.4 Å². The highest BCUT2D eigenvalue weighted by atomic mass is 35.5. The normalized spacial score (nSPS) is 17.9. The third-order valence-electron chi connectivity index (χ3n) is 3.70. The summed E-state index contributed by atoms with van der Waals surface area (Å²) in [6.45, 7) is 2.60. The summed E-state index contributed by atoms with van der Waals surface area (Å²) in [7, 11) is 0. The van der Waals surface area contributed by atoms with Crippen LogP contribution in [-0.2, 0) is 6.42 Å². The summed E-state index contributed by atoms with van der Waals surface area (Å²) in [5.74, 6) is -0.839. The van der Waals surface area contributed by atoms with Crippen molar-refractivity contribution in [1.29, 1.82) is 0 Å². The summed E-state index contributed by atoms with van der Waals surface area (Å²) in [5.41, 5.74) is 1.25. The van der Waals surface area contributed by atoms with E-state index in [1.54, 1.807) is 22.3 Å². The lowest BCUT2D eigenvalue weighted by Crippen LogP contribution is -2.38. The molecule has 1 aliphatic heterocycles. The highest BCUT2D eigenvalue weighted by Gasteiger charge is 2.30. The Balaban J connectivity index is 1.92. The van der Waals surface area contributed by atoms with Crippen LogP contribution in [0.2, 0.25) is 5.02 Å². The fourth-order valence-corrected chi connectivity index (χ4v) is 3.73. The van der Waals surface area contributed by atoms with Gasteiger partial charge in [0.1, 0.15) is 5.82 Å². The number of halogens is 2. The summed E-state index contributed by atoms with van der Waals surface area (Å²) in [5, 5.41) is 2.34. The van der Waals surface area contributed by atoms with E-state index in [0.29, 0.717) is 11.6 Å². The molecular formula is C15H13ClFNOS. The molecule has 1 amide bonds. The molecule has 2 nitrogen and oxygen atoms in total. The number of carbonyl (C=O) groups is 1. The second-order valence-electron chi connectivity index (χ2n) is 4.85. The average Bonchev–Trinajstić information content (AvgIpc) is 2.87. The maximum atomic E-state index is 13.9. The maximum absolute atomic E-state index is 13.9. The predicted molar refractivity (Wildman–Crippen MR) is 78.9 cm³/mol. The molecule has 0 saturated carbocycles. The molecule has 0 N–H and O–H groups in total. The minimum atomic E-state index is -0.564. The van der Waals surface area contributed by atoms with Crippen molar-refractivity contribution in [2.75, 3.05) is 6.54 Å². The van der Waals surface area contributed by atoms with Crippen molar-refractivity contribution in [2.24, 2.45) is 0 Å². The van der Waals surface area contributed by atoms with E-state index < -0.39 is 5.82 Å². The number of fused-ring (bicyclic) bond motifs is 1. The van der Waals surface area contributed by atoms with E-state index in [1.165, 1.54) is 22.6 Å². The van der Waals surface area contributed by atoms with Crippen LogP contribution in [0.1, 0.15) is 33.8 Å². The van der Waals surface area contributed by atoms with Gasteiger partial charge in [-0.15, -0.1) is 11.3 Å². The van der Waals surface area contributed by atoms with Crippen molar-refractivity contribution in [3.8, 4) is 0 Å². The predicted octanol–water partition coefficient (Wildman–Crippen LogP) is 4.30. The van der Waals surface area contributed by atoms with E-state index in [2.05, 4.69) is 0 Å². The Kier molecular flexibility index (Phi) is 3.52. The number of benzene rings is 1. The monoisotopic (exact) mass is 309 g/mol. The van der Waals surface area contributed by atoms with Crippen LogP contribution >= 0.6 is 22.9 Å². The largest absolute Gasteiger partial charge is 0.331 e. The Hall–Kier alpha value is -1.39. The first kappa shape index (κ1) is 13.6. The zero-order valence-corrected chi connectivity index (χ0v) is 12.5. The van der Waals surface area contributed by atoms with Crippen LogP contribution in [0.5, 0.6) is 0 Å². The van der Waals surface area contributed by atoms with E-state index >= 15 is 0 Å². The fraction of sp³-hybridized carbons (Fsp3) is 0.267. The Morgan fingerprint density at radius 2 is 2.25 bits per heavy atom. The molecule has 1 atom stereocenters. The molecule has 1 aromatic carbocycles. The SMILES string of the molecule is CC1c2ccsc2CCN1C(=O)c1ccc(Cl)cc1F. The molecule has 20 heavy (non-hydrogen) atoms. The van der Waals surface area contributed by atoms with Gasteiger partial charge in [-0.25, -0.2) is 4.39 Å². The average molecular weight is 310 g/mol. The molecule has 0 radical (unpaired) electrons. The zero-order chi connectivity index (χ0) is 14.3. The molecule has 0 bridgehead atoms. The van der Waals surface area contributed by atoms with Gasteiger partial charge in [-0.05, 0) is 48.6 Å². The van der Waals surface area contributed by atoms with Crippen molar-refractivity contribution in [3.63, 3.8) is 0 Å². The lowest BCUT2D eigenvalue weighted by atomic mass is 10.0. The lowest BCUT2D eigenvalue weighted by Gasteiger charge is -2.33. The van der Waals surface area contributed by atoms with Gasteiger partial charge in [-0.2, -0.15) is 0 Å². The number of amides is 1. The summed E-state index contributed by atoms with van der Waals surface area (Å²) < 4.78 is 13.9. The minimum Gasteiger partial charge on any atom is -0.331 e. The quantitative estimate of drug-likeness (QED) is 0.769. The molecule has 104 valence electrons.